The van der Waals surface area contributed by atoms with E-state index in [9.17, 15) is 0 Å². The molecule has 1 aromatic rings. The normalized spacial score (nSPS) is 18.4. The molecule has 1 saturated heterocycles. The van der Waals surface area contributed by atoms with Crippen LogP contribution >= 0.6 is 24.8 Å². The van der Waals surface area contributed by atoms with Crippen molar-refractivity contribution in [3.63, 3.8) is 0 Å². The first-order valence-electron chi connectivity index (χ1n) is 5.28. The smallest absolute Gasteiger partial charge is 0.121 e. The first kappa shape index (κ1) is 15.8. The van der Waals surface area contributed by atoms with Crippen LogP contribution in [0.2, 0.25) is 0 Å². The standard InChI is InChI=1S/C11H18N2O.2ClH/c1-9-3-4-11(14-9)10(2)13-7-5-12-6-8-13;;/h3-4,10,12H,5-8H2,1-2H3;2*1H/t10-;;/m0../s1. The van der Waals surface area contributed by atoms with Gasteiger partial charge in [-0.25, -0.2) is 0 Å². The number of nitrogens with zero attached hydrogens (tertiary/aromatic N) is 1. The van der Waals surface area contributed by atoms with Crippen molar-refractivity contribution in [3.8, 4) is 0 Å². The van der Waals surface area contributed by atoms with Gasteiger partial charge in [0.2, 0.25) is 0 Å². The summed E-state index contributed by atoms with van der Waals surface area (Å²) in [6, 6.07) is 4.53. The molecule has 1 aliphatic heterocycles. The predicted octanol–water partition coefficient (Wildman–Crippen LogP) is 2.40. The number of hydrogen-bond acceptors (Lipinski definition) is 3. The fourth-order valence-electron chi connectivity index (χ4n) is 1.93. The Labute approximate surface area is 109 Å². The third kappa shape index (κ3) is 3.67. The summed E-state index contributed by atoms with van der Waals surface area (Å²) in [6.07, 6.45) is 0. The van der Waals surface area contributed by atoms with E-state index in [1.807, 2.05) is 13.0 Å². The number of halogens is 2. The second kappa shape index (κ2) is 7.17. The number of rotatable bonds is 2. The number of hydrogen-bond donors (Lipinski definition) is 1. The van der Waals surface area contributed by atoms with Crippen LogP contribution in [0.1, 0.15) is 24.5 Å². The van der Waals surface area contributed by atoms with E-state index in [0.717, 1.165) is 37.7 Å². The van der Waals surface area contributed by atoms with Gasteiger partial charge in [0, 0.05) is 26.2 Å². The maximum Gasteiger partial charge on any atom is 0.121 e. The Balaban J connectivity index is 0.00000112. The van der Waals surface area contributed by atoms with Crippen LogP contribution in [-0.4, -0.2) is 31.1 Å². The Morgan fingerprint density at radius 1 is 1.25 bits per heavy atom. The van der Waals surface area contributed by atoms with Gasteiger partial charge in [0.25, 0.3) is 0 Å². The molecule has 2 rings (SSSR count). The summed E-state index contributed by atoms with van der Waals surface area (Å²) in [4.78, 5) is 2.45. The second-order valence-electron chi connectivity index (χ2n) is 3.91. The van der Waals surface area contributed by atoms with E-state index in [1.165, 1.54) is 0 Å². The molecule has 0 radical (unpaired) electrons. The predicted molar refractivity (Wildman–Crippen MR) is 70.8 cm³/mol. The van der Waals surface area contributed by atoms with Gasteiger partial charge in [0.05, 0.1) is 6.04 Å². The fourth-order valence-corrected chi connectivity index (χ4v) is 1.93. The van der Waals surface area contributed by atoms with E-state index in [-0.39, 0.29) is 24.8 Å². The second-order valence-corrected chi connectivity index (χ2v) is 3.91. The zero-order valence-corrected chi connectivity index (χ0v) is 11.4. The monoisotopic (exact) mass is 266 g/mol. The number of furan rings is 1. The first-order chi connectivity index (χ1) is 6.77. The molecule has 1 aliphatic rings. The molecule has 0 aromatic carbocycles. The van der Waals surface area contributed by atoms with Gasteiger partial charge < -0.3 is 9.73 Å². The molecule has 94 valence electrons. The van der Waals surface area contributed by atoms with Crippen molar-refractivity contribution in [2.75, 3.05) is 26.2 Å². The van der Waals surface area contributed by atoms with E-state index in [0.29, 0.717) is 6.04 Å². The van der Waals surface area contributed by atoms with Gasteiger partial charge in [-0.1, -0.05) is 0 Å². The van der Waals surface area contributed by atoms with Gasteiger partial charge >= 0.3 is 0 Å². The maximum atomic E-state index is 5.64. The Kier molecular flexibility index (Phi) is 7.07. The molecule has 5 heteroatoms. The van der Waals surface area contributed by atoms with E-state index >= 15 is 0 Å². The van der Waals surface area contributed by atoms with Crippen molar-refractivity contribution in [2.24, 2.45) is 0 Å². The highest BCUT2D eigenvalue weighted by molar-refractivity contribution is 5.85. The molecule has 0 unspecified atom stereocenters. The molecule has 1 fully saturated rings. The molecule has 2 heterocycles. The summed E-state index contributed by atoms with van der Waals surface area (Å²) in [7, 11) is 0. The van der Waals surface area contributed by atoms with Crippen LogP contribution < -0.4 is 5.32 Å². The van der Waals surface area contributed by atoms with E-state index in [4.69, 9.17) is 4.42 Å². The Bertz CT molecular complexity index is 298. The van der Waals surface area contributed by atoms with Crippen molar-refractivity contribution < 1.29 is 4.42 Å². The lowest BCUT2D eigenvalue weighted by atomic mass is 10.2. The number of piperazine rings is 1. The van der Waals surface area contributed by atoms with Crippen molar-refractivity contribution in [1.82, 2.24) is 10.2 Å². The first-order valence-corrected chi connectivity index (χ1v) is 5.28. The van der Waals surface area contributed by atoms with Gasteiger partial charge in [-0.05, 0) is 26.0 Å². The lowest BCUT2D eigenvalue weighted by molar-refractivity contribution is 0.166. The summed E-state index contributed by atoms with van der Waals surface area (Å²) in [6.45, 7) is 8.60. The number of aryl methyl sites for hydroxylation is 1. The van der Waals surface area contributed by atoms with Crippen LogP contribution in [0.3, 0.4) is 0 Å². The minimum Gasteiger partial charge on any atom is -0.465 e. The molecular weight excluding hydrogens is 247 g/mol. The largest absolute Gasteiger partial charge is 0.465 e. The molecule has 0 bridgehead atoms. The topological polar surface area (TPSA) is 28.4 Å². The van der Waals surface area contributed by atoms with Crippen LogP contribution in [0.4, 0.5) is 0 Å². The summed E-state index contributed by atoms with van der Waals surface area (Å²) in [5.74, 6) is 2.09. The fraction of sp³-hybridized carbons (Fsp3) is 0.636. The summed E-state index contributed by atoms with van der Waals surface area (Å²) in [5, 5.41) is 3.35. The Hall–Kier alpha value is -0.220. The van der Waals surface area contributed by atoms with E-state index in [2.05, 4.69) is 23.2 Å². The maximum absolute atomic E-state index is 5.64. The van der Waals surface area contributed by atoms with Crippen molar-refractivity contribution in [2.45, 2.75) is 19.9 Å². The van der Waals surface area contributed by atoms with Crippen LogP contribution in [0.5, 0.6) is 0 Å². The van der Waals surface area contributed by atoms with Crippen molar-refractivity contribution >= 4 is 24.8 Å². The van der Waals surface area contributed by atoms with Crippen LogP contribution in [0.25, 0.3) is 0 Å². The molecule has 0 aliphatic carbocycles. The third-order valence-electron chi connectivity index (χ3n) is 2.87. The lowest BCUT2D eigenvalue weighted by Crippen LogP contribution is -2.44. The summed E-state index contributed by atoms with van der Waals surface area (Å²) in [5.41, 5.74) is 0. The van der Waals surface area contributed by atoms with Gasteiger partial charge in [0.1, 0.15) is 11.5 Å². The summed E-state index contributed by atoms with van der Waals surface area (Å²) >= 11 is 0. The van der Waals surface area contributed by atoms with Gasteiger partial charge in [0.15, 0.2) is 0 Å². The summed E-state index contributed by atoms with van der Waals surface area (Å²) < 4.78 is 5.64. The highest BCUT2D eigenvalue weighted by Crippen LogP contribution is 2.22. The average molecular weight is 267 g/mol. The SMILES string of the molecule is Cc1ccc([C@H](C)N2CCNCC2)o1.Cl.Cl. The van der Waals surface area contributed by atoms with Crippen LogP contribution in [-0.2, 0) is 0 Å². The van der Waals surface area contributed by atoms with Gasteiger partial charge in [-0.3, -0.25) is 4.90 Å². The number of nitrogens with one attached hydrogen (secondary N) is 1. The van der Waals surface area contributed by atoms with Crippen LogP contribution in [0.15, 0.2) is 16.5 Å². The minimum absolute atomic E-state index is 0. The lowest BCUT2D eigenvalue weighted by Gasteiger charge is -2.31. The zero-order valence-electron chi connectivity index (χ0n) is 9.73. The molecular formula is C11H20Cl2N2O. The molecule has 3 nitrogen and oxygen atoms in total. The quantitative estimate of drug-likeness (QED) is 0.892. The van der Waals surface area contributed by atoms with E-state index in [1.54, 1.807) is 0 Å². The van der Waals surface area contributed by atoms with Gasteiger partial charge in [-0.2, -0.15) is 0 Å². The molecule has 1 atom stereocenters. The van der Waals surface area contributed by atoms with Gasteiger partial charge in [-0.15, -0.1) is 24.8 Å². The molecule has 1 aromatic heterocycles. The zero-order chi connectivity index (χ0) is 9.97. The molecule has 16 heavy (non-hydrogen) atoms. The Morgan fingerprint density at radius 3 is 2.38 bits per heavy atom. The third-order valence-corrected chi connectivity index (χ3v) is 2.87. The molecule has 0 spiro atoms. The highest BCUT2D eigenvalue weighted by atomic mass is 35.5. The minimum atomic E-state index is 0. The van der Waals surface area contributed by atoms with Crippen molar-refractivity contribution in [3.05, 3.63) is 23.7 Å². The average Bonchev–Trinajstić information content (AvgIpc) is 2.65. The molecule has 0 saturated carbocycles. The van der Waals surface area contributed by atoms with Crippen molar-refractivity contribution in [1.29, 1.82) is 0 Å². The highest BCUT2D eigenvalue weighted by Gasteiger charge is 2.19. The van der Waals surface area contributed by atoms with E-state index < -0.39 is 0 Å². The van der Waals surface area contributed by atoms with Crippen LogP contribution in [0, 0.1) is 6.92 Å². The Morgan fingerprint density at radius 2 is 1.88 bits per heavy atom. The molecule has 0 amide bonds. The molecule has 1 N–H and O–H groups in total.